The zero-order valence-corrected chi connectivity index (χ0v) is 15.2. The van der Waals surface area contributed by atoms with Crippen molar-refractivity contribution in [1.82, 2.24) is 10.4 Å². The van der Waals surface area contributed by atoms with Crippen LogP contribution in [0.4, 0.5) is 0 Å². The maximum absolute atomic E-state index is 12.1. The van der Waals surface area contributed by atoms with E-state index >= 15 is 0 Å². The molecule has 1 amide bonds. The van der Waals surface area contributed by atoms with Crippen molar-refractivity contribution in [3.63, 3.8) is 0 Å². The fraction of sp³-hybridized carbons (Fsp3) is 0.389. The van der Waals surface area contributed by atoms with Crippen LogP contribution in [0.3, 0.4) is 0 Å². The molecule has 0 fully saturated rings. The lowest BCUT2D eigenvalue weighted by atomic mass is 10.2. The predicted molar refractivity (Wildman–Crippen MR) is 98.1 cm³/mol. The van der Waals surface area contributed by atoms with E-state index in [2.05, 4.69) is 22.4 Å². The highest BCUT2D eigenvalue weighted by Gasteiger charge is 2.12. The molecule has 5 nitrogen and oxygen atoms in total. The third kappa shape index (κ3) is 5.45. The maximum Gasteiger partial charge on any atom is 0.283 e. The van der Waals surface area contributed by atoms with Gasteiger partial charge in [0.05, 0.1) is 23.5 Å². The van der Waals surface area contributed by atoms with E-state index < -0.39 is 0 Å². The van der Waals surface area contributed by atoms with Gasteiger partial charge in [-0.3, -0.25) is 4.79 Å². The molecule has 1 aromatic carbocycles. The number of carbonyl (C=O) groups excluding carboxylic acids is 1. The lowest BCUT2D eigenvalue weighted by Crippen LogP contribution is -2.17. The molecule has 2 aromatic rings. The van der Waals surface area contributed by atoms with Crippen LogP contribution < -0.4 is 10.2 Å². The molecular weight excluding hydrogens is 322 g/mol. The van der Waals surface area contributed by atoms with Crippen LogP contribution in [-0.2, 0) is 0 Å². The minimum atomic E-state index is -0.235. The number of hydrazone groups is 1. The summed E-state index contributed by atoms with van der Waals surface area (Å²) in [6.07, 6.45) is 5.01. The van der Waals surface area contributed by atoms with Crippen LogP contribution in [-0.4, -0.2) is 23.7 Å². The van der Waals surface area contributed by atoms with Gasteiger partial charge < -0.3 is 4.74 Å². The molecule has 1 heterocycles. The number of hydrogen-bond acceptors (Lipinski definition) is 5. The third-order valence-electron chi connectivity index (χ3n) is 3.36. The van der Waals surface area contributed by atoms with Gasteiger partial charge in [-0.2, -0.15) is 5.10 Å². The van der Waals surface area contributed by atoms with E-state index in [1.807, 2.05) is 38.1 Å². The summed E-state index contributed by atoms with van der Waals surface area (Å²) in [6, 6.07) is 7.65. The van der Waals surface area contributed by atoms with Gasteiger partial charge in [0.1, 0.15) is 10.6 Å². The smallest absolute Gasteiger partial charge is 0.283 e. The highest BCUT2D eigenvalue weighted by Crippen LogP contribution is 2.16. The molecule has 0 radical (unpaired) electrons. The summed E-state index contributed by atoms with van der Waals surface area (Å²) in [4.78, 5) is 16.9. The molecule has 0 unspecified atom stereocenters. The van der Waals surface area contributed by atoms with Crippen LogP contribution in [0, 0.1) is 13.8 Å². The SMILES string of the molecule is CCCCCOc1cccc(/C=N/NC(=O)c2sc(C)nc2C)c1. The van der Waals surface area contributed by atoms with Crippen LogP contribution in [0.15, 0.2) is 29.4 Å². The van der Waals surface area contributed by atoms with Crippen molar-refractivity contribution in [2.24, 2.45) is 5.10 Å². The number of hydrogen-bond donors (Lipinski definition) is 1. The Kier molecular flexibility index (Phi) is 6.93. The lowest BCUT2D eigenvalue weighted by molar-refractivity contribution is 0.0958. The number of nitrogens with one attached hydrogen (secondary N) is 1. The summed E-state index contributed by atoms with van der Waals surface area (Å²) in [5.74, 6) is 0.580. The average molecular weight is 345 g/mol. The van der Waals surface area contributed by atoms with Crippen molar-refractivity contribution >= 4 is 23.5 Å². The molecule has 1 N–H and O–H groups in total. The van der Waals surface area contributed by atoms with Crippen LogP contribution >= 0.6 is 11.3 Å². The van der Waals surface area contributed by atoms with E-state index in [1.54, 1.807) is 6.21 Å². The van der Waals surface area contributed by atoms with Crippen molar-refractivity contribution in [3.8, 4) is 5.75 Å². The molecule has 128 valence electrons. The minimum absolute atomic E-state index is 0.235. The molecule has 24 heavy (non-hydrogen) atoms. The van der Waals surface area contributed by atoms with Gasteiger partial charge in [-0.1, -0.05) is 31.9 Å². The second kappa shape index (κ2) is 9.17. The second-order valence-corrected chi connectivity index (χ2v) is 6.68. The first kappa shape index (κ1) is 18.1. The Morgan fingerprint density at radius 3 is 2.92 bits per heavy atom. The summed E-state index contributed by atoms with van der Waals surface area (Å²) in [6.45, 7) is 6.58. The number of thiazole rings is 1. The number of amides is 1. The first-order chi connectivity index (χ1) is 11.6. The molecule has 0 saturated heterocycles. The van der Waals surface area contributed by atoms with Gasteiger partial charge in [-0.05, 0) is 38.0 Å². The van der Waals surface area contributed by atoms with Gasteiger partial charge in [0.2, 0.25) is 0 Å². The molecule has 0 aliphatic heterocycles. The summed E-state index contributed by atoms with van der Waals surface area (Å²) in [5, 5.41) is 4.89. The Morgan fingerprint density at radius 2 is 2.21 bits per heavy atom. The minimum Gasteiger partial charge on any atom is -0.494 e. The number of ether oxygens (including phenoxy) is 1. The van der Waals surface area contributed by atoms with Gasteiger partial charge in [0.25, 0.3) is 5.91 Å². The van der Waals surface area contributed by atoms with E-state index in [9.17, 15) is 4.79 Å². The Bertz CT molecular complexity index is 710. The maximum atomic E-state index is 12.1. The van der Waals surface area contributed by atoms with Gasteiger partial charge in [0, 0.05) is 0 Å². The average Bonchev–Trinajstić information content (AvgIpc) is 2.90. The molecule has 0 atom stereocenters. The molecule has 0 aliphatic carbocycles. The van der Waals surface area contributed by atoms with E-state index in [-0.39, 0.29) is 5.91 Å². The standard InChI is InChI=1S/C18H23N3O2S/c1-4-5-6-10-23-16-9-7-8-15(11-16)12-19-21-18(22)17-13(2)20-14(3)24-17/h7-9,11-12H,4-6,10H2,1-3H3,(H,21,22)/b19-12+. The number of aryl methyl sites for hydroxylation is 2. The first-order valence-corrected chi connectivity index (χ1v) is 8.92. The highest BCUT2D eigenvalue weighted by molar-refractivity contribution is 7.13. The van der Waals surface area contributed by atoms with Crippen molar-refractivity contribution in [3.05, 3.63) is 45.4 Å². The largest absolute Gasteiger partial charge is 0.494 e. The predicted octanol–water partition coefficient (Wildman–Crippen LogP) is 4.09. The fourth-order valence-electron chi connectivity index (χ4n) is 2.18. The number of rotatable bonds is 8. The quantitative estimate of drug-likeness (QED) is 0.445. The molecule has 0 saturated carbocycles. The van der Waals surface area contributed by atoms with Gasteiger partial charge in [-0.25, -0.2) is 10.4 Å². The number of nitrogens with zero attached hydrogens (tertiary/aromatic N) is 2. The Hall–Kier alpha value is -2.21. The van der Waals surface area contributed by atoms with E-state index in [1.165, 1.54) is 24.2 Å². The van der Waals surface area contributed by atoms with Crippen LogP contribution in [0.1, 0.15) is 52.1 Å². The highest BCUT2D eigenvalue weighted by atomic mass is 32.1. The van der Waals surface area contributed by atoms with Crippen molar-refractivity contribution in [2.45, 2.75) is 40.0 Å². The zero-order valence-electron chi connectivity index (χ0n) is 14.3. The van der Waals surface area contributed by atoms with Gasteiger partial charge in [0.15, 0.2) is 0 Å². The monoisotopic (exact) mass is 345 g/mol. The Labute approximate surface area is 146 Å². The number of aromatic nitrogens is 1. The number of benzene rings is 1. The topological polar surface area (TPSA) is 63.6 Å². The zero-order chi connectivity index (χ0) is 17.4. The summed E-state index contributed by atoms with van der Waals surface area (Å²) in [7, 11) is 0. The van der Waals surface area contributed by atoms with Crippen LogP contribution in [0.25, 0.3) is 0 Å². The lowest BCUT2D eigenvalue weighted by Gasteiger charge is -2.06. The van der Waals surface area contributed by atoms with Crippen LogP contribution in [0.2, 0.25) is 0 Å². The molecule has 2 rings (SSSR count). The molecule has 6 heteroatoms. The second-order valence-electron chi connectivity index (χ2n) is 5.47. The van der Waals surface area contributed by atoms with Gasteiger partial charge in [-0.15, -0.1) is 11.3 Å². The van der Waals surface area contributed by atoms with Crippen molar-refractivity contribution in [2.75, 3.05) is 6.61 Å². The number of unbranched alkanes of at least 4 members (excludes halogenated alkanes) is 2. The molecule has 0 bridgehead atoms. The molecule has 0 spiro atoms. The van der Waals surface area contributed by atoms with E-state index in [0.717, 1.165) is 35.0 Å². The fourth-order valence-corrected chi connectivity index (χ4v) is 2.99. The Morgan fingerprint density at radius 1 is 1.38 bits per heavy atom. The Balaban J connectivity index is 1.89. The van der Waals surface area contributed by atoms with E-state index in [0.29, 0.717) is 4.88 Å². The molecular formula is C18H23N3O2S. The third-order valence-corrected chi connectivity index (χ3v) is 4.44. The number of carbonyl (C=O) groups is 1. The van der Waals surface area contributed by atoms with Crippen LogP contribution in [0.5, 0.6) is 5.75 Å². The van der Waals surface area contributed by atoms with E-state index in [4.69, 9.17) is 4.74 Å². The van der Waals surface area contributed by atoms with Crippen molar-refractivity contribution < 1.29 is 9.53 Å². The summed E-state index contributed by atoms with van der Waals surface area (Å²) in [5.41, 5.74) is 4.15. The van der Waals surface area contributed by atoms with Crippen molar-refractivity contribution in [1.29, 1.82) is 0 Å². The molecule has 0 aliphatic rings. The normalized spacial score (nSPS) is 11.0. The summed E-state index contributed by atoms with van der Waals surface area (Å²) >= 11 is 1.37. The summed E-state index contributed by atoms with van der Waals surface area (Å²) < 4.78 is 5.71. The first-order valence-electron chi connectivity index (χ1n) is 8.10. The van der Waals surface area contributed by atoms with Gasteiger partial charge >= 0.3 is 0 Å². The molecule has 1 aromatic heterocycles.